The molecule has 0 spiro atoms. The maximum atomic E-state index is 13.6. The minimum Gasteiger partial charge on any atom is -0.355 e. The maximum absolute atomic E-state index is 13.6. The molecule has 3 N–H and O–H groups in total. The largest absolute Gasteiger partial charge is 0.355 e. The van der Waals surface area contributed by atoms with Gasteiger partial charge in [0.25, 0.3) is 5.91 Å². The van der Waals surface area contributed by atoms with Crippen LogP contribution in [0.1, 0.15) is 15.9 Å². The van der Waals surface area contributed by atoms with Crippen molar-refractivity contribution in [2.24, 2.45) is 4.99 Å². The lowest BCUT2D eigenvalue weighted by Crippen LogP contribution is -2.41. The molecular formula is C18H21FN4O. The lowest BCUT2D eigenvalue weighted by Gasteiger charge is -2.12. The number of nitrogens with one attached hydrogen (secondary N) is 3. The summed E-state index contributed by atoms with van der Waals surface area (Å²) in [6.07, 6.45) is 0. The fourth-order valence-corrected chi connectivity index (χ4v) is 2.09. The van der Waals surface area contributed by atoms with E-state index in [9.17, 15) is 9.18 Å². The summed E-state index contributed by atoms with van der Waals surface area (Å²) in [5.74, 6) is 0.175. The molecule has 126 valence electrons. The Balaban J connectivity index is 1.70. The molecule has 2 aromatic carbocycles. The number of halogens is 1. The fraction of sp³-hybridized carbons (Fsp3) is 0.222. The van der Waals surface area contributed by atoms with E-state index in [1.165, 1.54) is 6.07 Å². The molecule has 0 unspecified atom stereocenters. The van der Waals surface area contributed by atoms with Gasteiger partial charge < -0.3 is 16.0 Å². The summed E-state index contributed by atoms with van der Waals surface area (Å²) in [4.78, 5) is 15.9. The van der Waals surface area contributed by atoms with Crippen molar-refractivity contribution < 1.29 is 9.18 Å². The Morgan fingerprint density at radius 3 is 2.33 bits per heavy atom. The highest BCUT2D eigenvalue weighted by atomic mass is 19.1. The van der Waals surface area contributed by atoms with E-state index in [-0.39, 0.29) is 11.7 Å². The van der Waals surface area contributed by atoms with Crippen LogP contribution < -0.4 is 16.0 Å². The van der Waals surface area contributed by atoms with E-state index in [0.29, 0.717) is 36.7 Å². The van der Waals surface area contributed by atoms with Crippen molar-refractivity contribution in [2.75, 3.05) is 20.1 Å². The van der Waals surface area contributed by atoms with E-state index >= 15 is 0 Å². The number of benzene rings is 2. The van der Waals surface area contributed by atoms with Crippen LogP contribution in [0.5, 0.6) is 0 Å². The smallest absolute Gasteiger partial charge is 0.251 e. The average Bonchev–Trinajstić information content (AvgIpc) is 2.63. The zero-order valence-electron chi connectivity index (χ0n) is 13.6. The lowest BCUT2D eigenvalue weighted by atomic mass is 10.2. The van der Waals surface area contributed by atoms with Gasteiger partial charge in [-0.05, 0) is 18.2 Å². The van der Waals surface area contributed by atoms with Gasteiger partial charge in [0.2, 0.25) is 0 Å². The molecule has 0 saturated heterocycles. The van der Waals surface area contributed by atoms with Crippen molar-refractivity contribution in [3.05, 3.63) is 71.5 Å². The Bertz CT molecular complexity index is 688. The molecule has 0 aliphatic carbocycles. The Labute approximate surface area is 141 Å². The van der Waals surface area contributed by atoms with Gasteiger partial charge in [-0.25, -0.2) is 4.39 Å². The van der Waals surface area contributed by atoms with Crippen LogP contribution in [0, 0.1) is 5.82 Å². The molecule has 0 aliphatic heterocycles. The van der Waals surface area contributed by atoms with E-state index in [0.717, 1.165) is 0 Å². The molecule has 2 rings (SSSR count). The minimum absolute atomic E-state index is 0.119. The third-order valence-electron chi connectivity index (χ3n) is 3.37. The van der Waals surface area contributed by atoms with E-state index < -0.39 is 0 Å². The summed E-state index contributed by atoms with van der Waals surface area (Å²) in [6, 6.07) is 15.6. The van der Waals surface area contributed by atoms with Gasteiger partial charge in [-0.15, -0.1) is 0 Å². The van der Waals surface area contributed by atoms with Gasteiger partial charge in [0, 0.05) is 37.8 Å². The molecule has 0 atom stereocenters. The average molecular weight is 328 g/mol. The molecule has 0 radical (unpaired) electrons. The van der Waals surface area contributed by atoms with Crippen molar-refractivity contribution in [2.45, 2.75) is 6.54 Å². The minimum atomic E-state index is -0.254. The van der Waals surface area contributed by atoms with Crippen LogP contribution in [0.25, 0.3) is 0 Å². The van der Waals surface area contributed by atoms with Crippen LogP contribution in [0.15, 0.2) is 59.6 Å². The van der Waals surface area contributed by atoms with Crippen LogP contribution in [-0.4, -0.2) is 32.0 Å². The highest BCUT2D eigenvalue weighted by Crippen LogP contribution is 2.05. The number of carbonyl (C=O) groups excluding carboxylic acids is 1. The number of amides is 1. The Hall–Kier alpha value is -2.89. The van der Waals surface area contributed by atoms with Crippen LogP contribution in [0.3, 0.4) is 0 Å². The van der Waals surface area contributed by atoms with E-state index in [1.807, 2.05) is 18.2 Å². The number of rotatable bonds is 6. The van der Waals surface area contributed by atoms with Crippen molar-refractivity contribution >= 4 is 11.9 Å². The SMILES string of the molecule is CN=C(NCCNC(=O)c1ccccc1)NCc1ccccc1F. The number of nitrogens with zero attached hydrogens (tertiary/aromatic N) is 1. The van der Waals surface area contributed by atoms with Gasteiger partial charge >= 0.3 is 0 Å². The first-order valence-corrected chi connectivity index (χ1v) is 7.72. The number of hydrogen-bond donors (Lipinski definition) is 3. The molecule has 0 saturated carbocycles. The normalized spacial score (nSPS) is 11.0. The summed E-state index contributed by atoms with van der Waals surface area (Å²) in [7, 11) is 1.64. The summed E-state index contributed by atoms with van der Waals surface area (Å²) < 4.78 is 13.6. The van der Waals surface area contributed by atoms with Crippen LogP contribution >= 0.6 is 0 Å². The molecule has 0 heterocycles. The number of aliphatic imine (C=N–C) groups is 1. The first-order chi connectivity index (χ1) is 11.7. The third kappa shape index (κ3) is 5.39. The molecule has 0 fully saturated rings. The van der Waals surface area contributed by atoms with Gasteiger partial charge in [0.05, 0.1) is 0 Å². The second-order valence-corrected chi connectivity index (χ2v) is 5.07. The Kier molecular flexibility index (Phi) is 6.76. The molecular weight excluding hydrogens is 307 g/mol. The van der Waals surface area contributed by atoms with Crippen LogP contribution in [0.4, 0.5) is 4.39 Å². The molecule has 5 nitrogen and oxygen atoms in total. The molecule has 24 heavy (non-hydrogen) atoms. The number of guanidine groups is 1. The van der Waals surface area contributed by atoms with Gasteiger partial charge in [-0.1, -0.05) is 36.4 Å². The molecule has 6 heteroatoms. The van der Waals surface area contributed by atoms with Gasteiger partial charge in [-0.3, -0.25) is 9.79 Å². The molecule has 0 aliphatic rings. The summed E-state index contributed by atoms with van der Waals surface area (Å²) in [6.45, 7) is 1.30. The first kappa shape index (κ1) is 17.5. The maximum Gasteiger partial charge on any atom is 0.251 e. The van der Waals surface area contributed by atoms with Crippen molar-refractivity contribution in [3.8, 4) is 0 Å². The Morgan fingerprint density at radius 2 is 1.62 bits per heavy atom. The molecule has 0 bridgehead atoms. The highest BCUT2D eigenvalue weighted by molar-refractivity contribution is 5.94. The van der Waals surface area contributed by atoms with Gasteiger partial charge in [0.1, 0.15) is 5.82 Å². The topological polar surface area (TPSA) is 65.5 Å². The molecule has 1 amide bonds. The van der Waals surface area contributed by atoms with Crippen molar-refractivity contribution in [1.82, 2.24) is 16.0 Å². The monoisotopic (exact) mass is 328 g/mol. The van der Waals surface area contributed by atoms with Gasteiger partial charge in [0.15, 0.2) is 5.96 Å². The lowest BCUT2D eigenvalue weighted by molar-refractivity contribution is 0.0954. The van der Waals surface area contributed by atoms with E-state index in [2.05, 4.69) is 20.9 Å². The predicted molar refractivity (Wildman–Crippen MR) is 93.4 cm³/mol. The van der Waals surface area contributed by atoms with Gasteiger partial charge in [-0.2, -0.15) is 0 Å². The van der Waals surface area contributed by atoms with Crippen molar-refractivity contribution in [3.63, 3.8) is 0 Å². The van der Waals surface area contributed by atoms with Crippen molar-refractivity contribution in [1.29, 1.82) is 0 Å². The summed E-state index contributed by atoms with van der Waals surface area (Å²) in [5, 5.41) is 8.92. The highest BCUT2D eigenvalue weighted by Gasteiger charge is 2.04. The molecule has 0 aromatic heterocycles. The number of carbonyl (C=O) groups is 1. The van der Waals surface area contributed by atoms with Crippen LogP contribution in [0.2, 0.25) is 0 Å². The second kappa shape index (κ2) is 9.29. The van der Waals surface area contributed by atoms with E-state index in [4.69, 9.17) is 0 Å². The zero-order valence-corrected chi connectivity index (χ0v) is 13.6. The zero-order chi connectivity index (χ0) is 17.2. The molecule has 2 aromatic rings. The quantitative estimate of drug-likeness (QED) is 0.431. The standard InChI is InChI=1S/C18H21FN4O/c1-20-18(23-13-15-9-5-6-10-16(15)19)22-12-11-21-17(24)14-7-3-2-4-8-14/h2-10H,11-13H2,1H3,(H,21,24)(H2,20,22,23). The van der Waals surface area contributed by atoms with E-state index in [1.54, 1.807) is 37.4 Å². The fourth-order valence-electron chi connectivity index (χ4n) is 2.09. The summed E-state index contributed by atoms with van der Waals surface area (Å²) in [5.41, 5.74) is 1.19. The predicted octanol–water partition coefficient (Wildman–Crippen LogP) is 1.92. The third-order valence-corrected chi connectivity index (χ3v) is 3.37. The van der Waals surface area contributed by atoms with Crippen LogP contribution in [-0.2, 0) is 6.54 Å². The number of hydrogen-bond acceptors (Lipinski definition) is 2. The first-order valence-electron chi connectivity index (χ1n) is 7.72. The Morgan fingerprint density at radius 1 is 0.958 bits per heavy atom. The summed E-state index contributed by atoms with van der Waals surface area (Å²) >= 11 is 0. The second-order valence-electron chi connectivity index (χ2n) is 5.07.